The van der Waals surface area contributed by atoms with Crippen LogP contribution in [0.4, 0.5) is 0 Å². The fourth-order valence-electron chi connectivity index (χ4n) is 2.57. The van der Waals surface area contributed by atoms with E-state index in [4.69, 9.17) is 9.47 Å². The van der Waals surface area contributed by atoms with E-state index in [-0.39, 0.29) is 18.1 Å². The predicted octanol–water partition coefficient (Wildman–Crippen LogP) is 4.72. The van der Waals surface area contributed by atoms with Gasteiger partial charge in [-0.2, -0.15) is 0 Å². The summed E-state index contributed by atoms with van der Waals surface area (Å²) < 4.78 is 11.1. The zero-order valence-electron chi connectivity index (χ0n) is 16.1. The molecule has 1 unspecified atom stereocenters. The van der Waals surface area contributed by atoms with Crippen molar-refractivity contribution in [2.75, 3.05) is 14.2 Å². The largest absolute Gasteiger partial charge is 0.493 e. The van der Waals surface area contributed by atoms with Gasteiger partial charge in [-0.3, -0.25) is 4.79 Å². The van der Waals surface area contributed by atoms with Gasteiger partial charge in [0.15, 0.2) is 11.5 Å². The number of likely N-dealkylation sites (N-methyl/N-ethyl adjacent to an activating group) is 1. The van der Waals surface area contributed by atoms with Crippen molar-refractivity contribution in [3.63, 3.8) is 0 Å². The van der Waals surface area contributed by atoms with Crippen molar-refractivity contribution < 1.29 is 14.3 Å². The number of methoxy groups -OCH3 is 1. The highest BCUT2D eigenvalue weighted by Crippen LogP contribution is 2.29. The molecule has 2 aromatic rings. The lowest BCUT2D eigenvalue weighted by atomic mass is 10.1. The van der Waals surface area contributed by atoms with Crippen LogP contribution in [-0.2, 0) is 4.79 Å². The molecule has 0 aliphatic carbocycles. The molecular weight excluding hydrogens is 326 g/mol. The number of hydrogen-bond acceptors (Lipinski definition) is 3. The molecule has 0 fully saturated rings. The first-order valence-corrected chi connectivity index (χ1v) is 8.77. The quantitative estimate of drug-likeness (QED) is 0.676. The van der Waals surface area contributed by atoms with E-state index in [0.717, 1.165) is 11.1 Å². The monoisotopic (exact) mass is 353 g/mol. The van der Waals surface area contributed by atoms with Gasteiger partial charge in [0.2, 0.25) is 5.91 Å². The van der Waals surface area contributed by atoms with Gasteiger partial charge in [-0.15, -0.1) is 0 Å². The van der Waals surface area contributed by atoms with E-state index in [1.807, 2.05) is 76.3 Å². The molecule has 138 valence electrons. The lowest BCUT2D eigenvalue weighted by molar-refractivity contribution is -0.126. The second-order valence-corrected chi connectivity index (χ2v) is 6.45. The molecule has 0 N–H and O–H groups in total. The number of hydrogen-bond donors (Lipinski definition) is 0. The zero-order valence-corrected chi connectivity index (χ0v) is 16.1. The molecule has 0 saturated carbocycles. The third-order valence-corrected chi connectivity index (χ3v) is 4.18. The third-order valence-electron chi connectivity index (χ3n) is 4.18. The molecule has 0 aliphatic rings. The van der Waals surface area contributed by atoms with Crippen LogP contribution < -0.4 is 9.47 Å². The molecule has 1 atom stereocenters. The molecule has 0 saturated heterocycles. The van der Waals surface area contributed by atoms with Crippen LogP contribution in [0, 0.1) is 0 Å². The second kappa shape index (κ2) is 9.09. The van der Waals surface area contributed by atoms with E-state index in [1.165, 1.54) is 0 Å². The number of ether oxygens (including phenoxy) is 2. The maximum Gasteiger partial charge on any atom is 0.246 e. The van der Waals surface area contributed by atoms with Crippen molar-refractivity contribution in [3.05, 3.63) is 65.7 Å². The minimum Gasteiger partial charge on any atom is -0.493 e. The van der Waals surface area contributed by atoms with Crippen LogP contribution in [0.25, 0.3) is 6.08 Å². The number of nitrogens with zero attached hydrogens (tertiary/aromatic N) is 1. The first-order valence-electron chi connectivity index (χ1n) is 8.77. The normalized spacial score (nSPS) is 12.2. The van der Waals surface area contributed by atoms with Crippen molar-refractivity contribution >= 4 is 12.0 Å². The standard InChI is InChI=1S/C22H27NO3/c1-16(2)26-20-13-11-18(15-21(20)25-5)12-14-22(24)23(4)17(3)19-9-7-6-8-10-19/h6-17H,1-5H3/b14-12+. The average Bonchev–Trinajstić information content (AvgIpc) is 2.65. The first-order chi connectivity index (χ1) is 12.4. The Hall–Kier alpha value is -2.75. The summed E-state index contributed by atoms with van der Waals surface area (Å²) in [6.45, 7) is 5.95. The van der Waals surface area contributed by atoms with Crippen LogP contribution in [0.3, 0.4) is 0 Å². The highest BCUT2D eigenvalue weighted by Gasteiger charge is 2.15. The highest BCUT2D eigenvalue weighted by atomic mass is 16.5. The van der Waals surface area contributed by atoms with Gasteiger partial charge < -0.3 is 14.4 Å². The van der Waals surface area contributed by atoms with Crippen molar-refractivity contribution in [2.24, 2.45) is 0 Å². The fraction of sp³-hybridized carbons (Fsp3) is 0.318. The van der Waals surface area contributed by atoms with E-state index < -0.39 is 0 Å². The molecule has 4 nitrogen and oxygen atoms in total. The maximum absolute atomic E-state index is 12.5. The molecule has 2 rings (SSSR count). The van der Waals surface area contributed by atoms with Crippen LogP contribution >= 0.6 is 0 Å². The summed E-state index contributed by atoms with van der Waals surface area (Å²) in [5.74, 6) is 1.29. The fourth-order valence-corrected chi connectivity index (χ4v) is 2.57. The Bertz CT molecular complexity index is 753. The number of rotatable bonds is 7. The molecule has 0 spiro atoms. The molecule has 0 radical (unpaired) electrons. The Morgan fingerprint density at radius 2 is 1.73 bits per heavy atom. The highest BCUT2D eigenvalue weighted by molar-refractivity contribution is 5.92. The minimum atomic E-state index is -0.0529. The molecule has 0 aromatic heterocycles. The zero-order chi connectivity index (χ0) is 19.1. The van der Waals surface area contributed by atoms with E-state index in [2.05, 4.69) is 0 Å². The second-order valence-electron chi connectivity index (χ2n) is 6.45. The van der Waals surface area contributed by atoms with Crippen LogP contribution in [0.5, 0.6) is 11.5 Å². The van der Waals surface area contributed by atoms with Crippen molar-refractivity contribution in [2.45, 2.75) is 32.9 Å². The van der Waals surface area contributed by atoms with Gasteiger partial charge in [0.1, 0.15) is 0 Å². The van der Waals surface area contributed by atoms with Crippen LogP contribution in [0.2, 0.25) is 0 Å². The summed E-state index contributed by atoms with van der Waals surface area (Å²) in [4.78, 5) is 14.2. The molecule has 0 heterocycles. The molecule has 1 amide bonds. The van der Waals surface area contributed by atoms with Crippen molar-refractivity contribution in [1.29, 1.82) is 0 Å². The van der Waals surface area contributed by atoms with Crippen molar-refractivity contribution in [1.82, 2.24) is 4.90 Å². The van der Waals surface area contributed by atoms with Gasteiger partial charge in [0.25, 0.3) is 0 Å². The smallest absolute Gasteiger partial charge is 0.246 e. The lowest BCUT2D eigenvalue weighted by Crippen LogP contribution is -2.27. The molecule has 2 aromatic carbocycles. The Balaban J connectivity index is 2.09. The van der Waals surface area contributed by atoms with E-state index in [0.29, 0.717) is 11.5 Å². The van der Waals surface area contributed by atoms with Crippen molar-refractivity contribution in [3.8, 4) is 11.5 Å². The third kappa shape index (κ3) is 5.12. The Morgan fingerprint density at radius 3 is 2.35 bits per heavy atom. The molecule has 26 heavy (non-hydrogen) atoms. The van der Waals surface area contributed by atoms with Gasteiger partial charge in [0.05, 0.1) is 19.3 Å². The van der Waals surface area contributed by atoms with Gasteiger partial charge >= 0.3 is 0 Å². The predicted molar refractivity (Wildman–Crippen MR) is 105 cm³/mol. The Morgan fingerprint density at radius 1 is 1.04 bits per heavy atom. The maximum atomic E-state index is 12.5. The Labute approximate surface area is 156 Å². The van der Waals surface area contributed by atoms with E-state index in [1.54, 1.807) is 24.2 Å². The number of amides is 1. The van der Waals surface area contributed by atoms with Gasteiger partial charge in [-0.25, -0.2) is 0 Å². The lowest BCUT2D eigenvalue weighted by Gasteiger charge is -2.24. The summed E-state index contributed by atoms with van der Waals surface area (Å²) in [5.41, 5.74) is 1.99. The summed E-state index contributed by atoms with van der Waals surface area (Å²) in [5, 5.41) is 0. The first kappa shape index (κ1) is 19.6. The number of carbonyl (C=O) groups excluding carboxylic acids is 1. The molecular formula is C22H27NO3. The summed E-state index contributed by atoms with van der Waals surface area (Å²) >= 11 is 0. The minimum absolute atomic E-state index is 0.00436. The molecule has 4 heteroatoms. The van der Waals surface area contributed by atoms with Gasteiger partial charge in [-0.05, 0) is 50.1 Å². The number of benzene rings is 2. The summed E-state index contributed by atoms with van der Waals surface area (Å²) in [6, 6.07) is 15.6. The summed E-state index contributed by atoms with van der Waals surface area (Å²) in [7, 11) is 3.42. The average molecular weight is 353 g/mol. The summed E-state index contributed by atoms with van der Waals surface area (Å²) in [6.07, 6.45) is 3.44. The van der Waals surface area contributed by atoms with Gasteiger partial charge in [0, 0.05) is 13.1 Å². The van der Waals surface area contributed by atoms with E-state index >= 15 is 0 Å². The molecule has 0 bridgehead atoms. The van der Waals surface area contributed by atoms with Crippen LogP contribution in [-0.4, -0.2) is 31.1 Å². The Kier molecular flexibility index (Phi) is 6.84. The van der Waals surface area contributed by atoms with E-state index in [9.17, 15) is 4.79 Å². The SMILES string of the molecule is COc1cc(/C=C/C(=O)N(C)C(C)c2ccccc2)ccc1OC(C)C. The van der Waals surface area contributed by atoms with Crippen LogP contribution in [0.15, 0.2) is 54.6 Å². The van der Waals surface area contributed by atoms with Gasteiger partial charge in [-0.1, -0.05) is 36.4 Å². The molecule has 0 aliphatic heterocycles. The topological polar surface area (TPSA) is 38.8 Å². The number of carbonyl (C=O) groups is 1. The van der Waals surface area contributed by atoms with Crippen LogP contribution in [0.1, 0.15) is 37.9 Å².